The molecule has 2 rings (SSSR count). The molecule has 2 heteroatoms. The van der Waals surface area contributed by atoms with Gasteiger partial charge < -0.3 is 10.2 Å². The molecule has 1 N–H and O–H groups in total. The zero-order valence-corrected chi connectivity index (χ0v) is 8.60. The van der Waals surface area contributed by atoms with Crippen molar-refractivity contribution in [3.8, 4) is 0 Å². The molecule has 2 fully saturated rings. The van der Waals surface area contributed by atoms with Gasteiger partial charge in [-0.3, -0.25) is 0 Å². The number of nitrogens with one attached hydrogen (secondary N) is 1. The van der Waals surface area contributed by atoms with Crippen LogP contribution in [0.4, 0.5) is 0 Å². The molecular formula is C11H20N2. The number of allylic oxidation sites excluding steroid dienone is 1. The first kappa shape index (κ1) is 9.07. The summed E-state index contributed by atoms with van der Waals surface area (Å²) in [5.74, 6) is 0. The van der Waals surface area contributed by atoms with Gasteiger partial charge in [-0.1, -0.05) is 13.5 Å². The van der Waals surface area contributed by atoms with E-state index >= 15 is 0 Å². The van der Waals surface area contributed by atoms with E-state index in [-0.39, 0.29) is 0 Å². The lowest BCUT2D eigenvalue weighted by Gasteiger charge is -2.24. The van der Waals surface area contributed by atoms with Crippen LogP contribution in [0.25, 0.3) is 0 Å². The minimum absolute atomic E-state index is 0.595. The molecule has 1 atom stereocenters. The predicted octanol–water partition coefficient (Wildman–Crippen LogP) is 1.60. The molecule has 0 radical (unpaired) electrons. The molecule has 0 aromatic rings. The van der Waals surface area contributed by atoms with E-state index in [9.17, 15) is 0 Å². The van der Waals surface area contributed by atoms with Crippen LogP contribution in [0.1, 0.15) is 26.2 Å². The van der Waals surface area contributed by atoms with Gasteiger partial charge in [-0.25, -0.2) is 0 Å². The Bertz CT molecular complexity index is 204. The maximum absolute atomic E-state index is 4.12. The van der Waals surface area contributed by atoms with E-state index in [0.29, 0.717) is 5.41 Å². The average molecular weight is 180 g/mol. The fraction of sp³-hybridized carbons (Fsp3) is 0.818. The van der Waals surface area contributed by atoms with E-state index in [1.54, 1.807) is 0 Å². The van der Waals surface area contributed by atoms with E-state index in [1.165, 1.54) is 44.7 Å². The number of rotatable bonds is 2. The Labute approximate surface area is 81.0 Å². The van der Waals surface area contributed by atoms with Crippen LogP contribution in [-0.4, -0.2) is 31.1 Å². The van der Waals surface area contributed by atoms with Crippen LogP contribution in [-0.2, 0) is 0 Å². The van der Waals surface area contributed by atoms with Gasteiger partial charge >= 0.3 is 0 Å². The predicted molar refractivity (Wildman–Crippen MR) is 55.5 cm³/mol. The van der Waals surface area contributed by atoms with Crippen molar-refractivity contribution in [2.24, 2.45) is 5.41 Å². The number of hydrogen-bond acceptors (Lipinski definition) is 2. The highest BCUT2D eigenvalue weighted by Gasteiger charge is 2.40. The van der Waals surface area contributed by atoms with Gasteiger partial charge in [0.1, 0.15) is 0 Å². The molecule has 0 aromatic heterocycles. The van der Waals surface area contributed by atoms with Gasteiger partial charge in [0.2, 0.25) is 0 Å². The van der Waals surface area contributed by atoms with E-state index in [0.717, 1.165) is 6.42 Å². The lowest BCUT2D eigenvalue weighted by atomic mass is 9.86. The lowest BCUT2D eigenvalue weighted by molar-refractivity contribution is 0.310. The maximum Gasteiger partial charge on any atom is 0.0244 e. The zero-order valence-electron chi connectivity index (χ0n) is 8.60. The Morgan fingerprint density at radius 3 is 3.00 bits per heavy atom. The largest absolute Gasteiger partial charge is 0.375 e. The summed E-state index contributed by atoms with van der Waals surface area (Å²) in [6, 6.07) is 0. The van der Waals surface area contributed by atoms with Crippen LogP contribution in [0.3, 0.4) is 0 Å². The van der Waals surface area contributed by atoms with Crippen molar-refractivity contribution >= 4 is 0 Å². The maximum atomic E-state index is 4.12. The normalized spacial score (nSPS) is 33.2. The molecule has 0 aromatic carbocycles. The minimum Gasteiger partial charge on any atom is -0.375 e. The van der Waals surface area contributed by atoms with Crippen molar-refractivity contribution in [3.63, 3.8) is 0 Å². The highest BCUT2D eigenvalue weighted by atomic mass is 15.2. The van der Waals surface area contributed by atoms with Crippen LogP contribution in [0, 0.1) is 5.41 Å². The molecule has 74 valence electrons. The Hall–Kier alpha value is -0.500. The fourth-order valence-electron chi connectivity index (χ4n) is 2.57. The van der Waals surface area contributed by atoms with Gasteiger partial charge in [0.25, 0.3) is 0 Å². The second-order valence-corrected chi connectivity index (χ2v) is 4.52. The summed E-state index contributed by atoms with van der Waals surface area (Å²) in [7, 11) is 0. The monoisotopic (exact) mass is 180 g/mol. The van der Waals surface area contributed by atoms with Crippen LogP contribution >= 0.6 is 0 Å². The van der Waals surface area contributed by atoms with Gasteiger partial charge in [0, 0.05) is 30.7 Å². The second-order valence-electron chi connectivity index (χ2n) is 4.52. The smallest absolute Gasteiger partial charge is 0.0244 e. The van der Waals surface area contributed by atoms with Crippen molar-refractivity contribution < 1.29 is 0 Å². The van der Waals surface area contributed by atoms with Gasteiger partial charge in [-0.15, -0.1) is 0 Å². The van der Waals surface area contributed by atoms with Crippen LogP contribution in [0.15, 0.2) is 12.3 Å². The van der Waals surface area contributed by atoms with Crippen LogP contribution in [0.2, 0.25) is 0 Å². The Balaban J connectivity index is 1.96. The van der Waals surface area contributed by atoms with Crippen molar-refractivity contribution in [1.29, 1.82) is 0 Å². The Morgan fingerprint density at radius 2 is 2.38 bits per heavy atom. The summed E-state index contributed by atoms with van der Waals surface area (Å²) in [5.41, 5.74) is 1.92. The Kier molecular flexibility index (Phi) is 2.33. The second kappa shape index (κ2) is 3.33. The summed E-state index contributed by atoms with van der Waals surface area (Å²) in [4.78, 5) is 2.48. The third-order valence-electron chi connectivity index (χ3n) is 3.63. The zero-order chi connectivity index (χ0) is 9.31. The minimum atomic E-state index is 0.595. The highest BCUT2D eigenvalue weighted by molar-refractivity contribution is 5.03. The molecule has 2 heterocycles. The summed E-state index contributed by atoms with van der Waals surface area (Å²) in [5, 5.41) is 3.48. The van der Waals surface area contributed by atoms with Crippen LogP contribution in [0.5, 0.6) is 0 Å². The van der Waals surface area contributed by atoms with Crippen molar-refractivity contribution in [2.45, 2.75) is 26.2 Å². The molecular weight excluding hydrogens is 160 g/mol. The first-order valence-corrected chi connectivity index (χ1v) is 5.39. The molecule has 0 saturated carbocycles. The Morgan fingerprint density at radius 1 is 1.54 bits per heavy atom. The highest BCUT2D eigenvalue weighted by Crippen LogP contribution is 2.37. The molecule has 0 bridgehead atoms. The SMILES string of the molecule is C=C(CC)N1CCC2(CCNC2)C1. The van der Waals surface area contributed by atoms with Gasteiger partial charge in [0.15, 0.2) is 0 Å². The van der Waals surface area contributed by atoms with E-state index in [1.807, 2.05) is 0 Å². The molecule has 2 nitrogen and oxygen atoms in total. The molecule has 2 aliphatic heterocycles. The van der Waals surface area contributed by atoms with E-state index in [2.05, 4.69) is 23.7 Å². The number of likely N-dealkylation sites (tertiary alicyclic amines) is 1. The van der Waals surface area contributed by atoms with Gasteiger partial charge in [0.05, 0.1) is 0 Å². The quantitative estimate of drug-likeness (QED) is 0.694. The van der Waals surface area contributed by atoms with Crippen molar-refractivity contribution in [3.05, 3.63) is 12.3 Å². The number of nitrogens with zero attached hydrogens (tertiary/aromatic N) is 1. The molecule has 2 aliphatic rings. The molecule has 1 spiro atoms. The standard InChI is InChI=1S/C11H20N2/c1-3-10(2)13-7-5-11(9-13)4-6-12-8-11/h12H,2-9H2,1H3. The van der Waals surface area contributed by atoms with Crippen molar-refractivity contribution in [1.82, 2.24) is 10.2 Å². The van der Waals surface area contributed by atoms with Crippen molar-refractivity contribution in [2.75, 3.05) is 26.2 Å². The van der Waals surface area contributed by atoms with Gasteiger partial charge in [-0.2, -0.15) is 0 Å². The average Bonchev–Trinajstić information content (AvgIpc) is 2.76. The van der Waals surface area contributed by atoms with E-state index in [4.69, 9.17) is 0 Å². The van der Waals surface area contributed by atoms with Gasteiger partial charge in [-0.05, 0) is 25.8 Å². The molecule has 1 unspecified atom stereocenters. The summed E-state index contributed by atoms with van der Waals surface area (Å²) >= 11 is 0. The first-order valence-electron chi connectivity index (χ1n) is 5.39. The summed E-state index contributed by atoms with van der Waals surface area (Å²) < 4.78 is 0. The summed E-state index contributed by atoms with van der Waals surface area (Å²) in [6.45, 7) is 11.2. The fourth-order valence-corrected chi connectivity index (χ4v) is 2.57. The van der Waals surface area contributed by atoms with E-state index < -0.39 is 0 Å². The van der Waals surface area contributed by atoms with Crippen LogP contribution < -0.4 is 5.32 Å². The molecule has 0 aliphatic carbocycles. The summed E-state index contributed by atoms with van der Waals surface area (Å²) in [6.07, 6.45) is 3.82. The molecule has 0 amide bonds. The molecule has 13 heavy (non-hydrogen) atoms. The number of hydrogen-bond donors (Lipinski definition) is 1. The first-order chi connectivity index (χ1) is 6.26. The third-order valence-corrected chi connectivity index (χ3v) is 3.63. The lowest BCUT2D eigenvalue weighted by Crippen LogP contribution is -2.28. The molecule has 2 saturated heterocycles. The topological polar surface area (TPSA) is 15.3 Å². The third kappa shape index (κ3) is 1.60.